The predicted octanol–water partition coefficient (Wildman–Crippen LogP) is 3.05. The summed E-state index contributed by atoms with van der Waals surface area (Å²) in [6.45, 7) is 2.75. The molecule has 1 aliphatic carbocycles. The van der Waals surface area contributed by atoms with Crippen LogP contribution in [0, 0.1) is 11.6 Å². The fourth-order valence-corrected chi connectivity index (χ4v) is 2.84. The highest BCUT2D eigenvalue weighted by molar-refractivity contribution is 5.22. The highest BCUT2D eigenvalue weighted by Crippen LogP contribution is 2.39. The first-order valence-corrected chi connectivity index (χ1v) is 6.84. The molecule has 1 unspecified atom stereocenters. The largest absolute Gasteiger partial charge is 0.377 e. The summed E-state index contributed by atoms with van der Waals surface area (Å²) in [5.41, 5.74) is -0.123. The maximum atomic E-state index is 13.8. The molecule has 0 saturated heterocycles. The molecule has 2 rings (SSSR count). The van der Waals surface area contributed by atoms with Crippen molar-refractivity contribution in [3.63, 3.8) is 0 Å². The van der Waals surface area contributed by atoms with E-state index in [4.69, 9.17) is 4.74 Å². The van der Waals surface area contributed by atoms with Crippen molar-refractivity contribution < 1.29 is 13.5 Å². The number of hydrogen-bond acceptors (Lipinski definition) is 2. The zero-order chi connectivity index (χ0) is 13.9. The normalized spacial score (nSPS) is 18.9. The van der Waals surface area contributed by atoms with Gasteiger partial charge >= 0.3 is 0 Å². The van der Waals surface area contributed by atoms with Crippen LogP contribution in [-0.2, 0) is 11.2 Å². The van der Waals surface area contributed by atoms with Crippen LogP contribution < -0.4 is 5.32 Å². The molecule has 0 spiro atoms. The minimum Gasteiger partial charge on any atom is -0.377 e. The zero-order valence-corrected chi connectivity index (χ0v) is 11.5. The van der Waals surface area contributed by atoms with Crippen LogP contribution >= 0.6 is 0 Å². The van der Waals surface area contributed by atoms with Crippen molar-refractivity contribution in [3.05, 3.63) is 35.4 Å². The molecule has 1 N–H and O–H groups in total. The first kappa shape index (κ1) is 14.4. The van der Waals surface area contributed by atoms with Crippen LogP contribution in [0.15, 0.2) is 18.2 Å². The Kier molecular flexibility index (Phi) is 4.53. The van der Waals surface area contributed by atoms with Crippen molar-refractivity contribution in [2.75, 3.05) is 13.7 Å². The minimum absolute atomic E-state index is 0.0531. The number of halogens is 2. The van der Waals surface area contributed by atoms with Gasteiger partial charge in [-0.3, -0.25) is 0 Å². The molecule has 0 radical (unpaired) electrons. The number of hydrogen-bond donors (Lipinski definition) is 1. The lowest BCUT2D eigenvalue weighted by Crippen LogP contribution is -2.57. The Morgan fingerprint density at radius 1 is 1.32 bits per heavy atom. The predicted molar refractivity (Wildman–Crippen MR) is 71.1 cm³/mol. The maximum Gasteiger partial charge on any atom is 0.129 e. The molecule has 0 bridgehead atoms. The van der Waals surface area contributed by atoms with Crippen molar-refractivity contribution >= 4 is 0 Å². The minimum atomic E-state index is -0.478. The highest BCUT2D eigenvalue weighted by Gasteiger charge is 2.44. The number of rotatable bonds is 6. The van der Waals surface area contributed by atoms with E-state index in [-0.39, 0.29) is 17.2 Å². The van der Waals surface area contributed by atoms with Crippen molar-refractivity contribution in [2.24, 2.45) is 0 Å². The van der Waals surface area contributed by atoms with E-state index >= 15 is 0 Å². The molecule has 1 atom stereocenters. The maximum absolute atomic E-state index is 13.8. The van der Waals surface area contributed by atoms with Gasteiger partial charge in [-0.15, -0.1) is 0 Å². The summed E-state index contributed by atoms with van der Waals surface area (Å²) < 4.78 is 33.1. The second kappa shape index (κ2) is 5.97. The standard InChI is InChI=1S/C15H21F2NO/c1-3-18-14(15(19-2)8-5-9-15)10-11-12(16)6-4-7-13(11)17/h4,6-7,14,18H,3,5,8-10H2,1-2H3. The molecule has 0 heterocycles. The third kappa shape index (κ3) is 2.79. The number of methoxy groups -OCH3 is 1. The lowest BCUT2D eigenvalue weighted by molar-refractivity contribution is -0.0980. The van der Waals surface area contributed by atoms with Crippen molar-refractivity contribution in [3.8, 4) is 0 Å². The van der Waals surface area contributed by atoms with Gasteiger partial charge in [0.2, 0.25) is 0 Å². The fraction of sp³-hybridized carbons (Fsp3) is 0.600. The average Bonchev–Trinajstić information content (AvgIpc) is 2.33. The second-order valence-corrected chi connectivity index (χ2v) is 5.14. The molecule has 1 saturated carbocycles. The molecule has 4 heteroatoms. The number of likely N-dealkylation sites (N-methyl/N-ethyl adjacent to an activating group) is 1. The van der Waals surface area contributed by atoms with Crippen LogP contribution in [0.4, 0.5) is 8.78 Å². The van der Waals surface area contributed by atoms with E-state index < -0.39 is 11.6 Å². The number of nitrogens with one attached hydrogen (secondary N) is 1. The monoisotopic (exact) mass is 269 g/mol. The molecule has 106 valence electrons. The Morgan fingerprint density at radius 3 is 2.37 bits per heavy atom. The van der Waals surface area contributed by atoms with E-state index in [1.807, 2.05) is 6.92 Å². The molecule has 2 nitrogen and oxygen atoms in total. The summed E-state index contributed by atoms with van der Waals surface area (Å²) in [7, 11) is 1.68. The molecule has 1 aromatic rings. The Labute approximate surface area is 113 Å². The van der Waals surface area contributed by atoms with Gasteiger partial charge in [-0.1, -0.05) is 13.0 Å². The van der Waals surface area contributed by atoms with E-state index in [0.717, 1.165) is 25.8 Å². The van der Waals surface area contributed by atoms with Crippen LogP contribution in [-0.4, -0.2) is 25.3 Å². The van der Waals surface area contributed by atoms with E-state index in [1.54, 1.807) is 7.11 Å². The Hall–Kier alpha value is -1.00. The van der Waals surface area contributed by atoms with Gasteiger partial charge < -0.3 is 10.1 Å². The Bertz CT molecular complexity index is 406. The summed E-state index contributed by atoms with van der Waals surface area (Å²) in [6.07, 6.45) is 3.31. The molecule has 0 aliphatic heterocycles. The van der Waals surface area contributed by atoms with Crippen LogP contribution in [0.25, 0.3) is 0 Å². The Morgan fingerprint density at radius 2 is 1.95 bits per heavy atom. The van der Waals surface area contributed by atoms with Gasteiger partial charge in [-0.2, -0.15) is 0 Å². The van der Waals surface area contributed by atoms with Crippen molar-refractivity contribution in [2.45, 2.75) is 44.2 Å². The number of ether oxygens (including phenoxy) is 1. The van der Waals surface area contributed by atoms with E-state index in [1.165, 1.54) is 18.2 Å². The smallest absolute Gasteiger partial charge is 0.129 e. The topological polar surface area (TPSA) is 21.3 Å². The van der Waals surface area contributed by atoms with Gasteiger partial charge in [0.05, 0.1) is 5.60 Å². The summed E-state index contributed by atoms with van der Waals surface area (Å²) in [5.74, 6) is -0.957. The average molecular weight is 269 g/mol. The fourth-order valence-electron chi connectivity index (χ4n) is 2.84. The van der Waals surface area contributed by atoms with Gasteiger partial charge in [0, 0.05) is 18.7 Å². The molecular weight excluding hydrogens is 248 g/mol. The molecule has 19 heavy (non-hydrogen) atoms. The van der Waals surface area contributed by atoms with Gasteiger partial charge in [0.1, 0.15) is 11.6 Å². The van der Waals surface area contributed by atoms with E-state index in [0.29, 0.717) is 6.42 Å². The van der Waals surface area contributed by atoms with Crippen LogP contribution in [0.3, 0.4) is 0 Å². The molecule has 1 aromatic carbocycles. The lowest BCUT2D eigenvalue weighted by Gasteiger charge is -2.47. The van der Waals surface area contributed by atoms with Crippen molar-refractivity contribution in [1.29, 1.82) is 0 Å². The molecule has 1 fully saturated rings. The van der Waals surface area contributed by atoms with Crippen molar-refractivity contribution in [1.82, 2.24) is 5.32 Å². The molecule has 0 aromatic heterocycles. The molecule has 0 amide bonds. The van der Waals surface area contributed by atoms with E-state index in [2.05, 4.69) is 5.32 Å². The summed E-state index contributed by atoms with van der Waals surface area (Å²) >= 11 is 0. The number of benzene rings is 1. The molecule has 1 aliphatic rings. The Balaban J connectivity index is 2.21. The van der Waals surface area contributed by atoms with Gasteiger partial charge in [-0.25, -0.2) is 8.78 Å². The summed E-state index contributed by atoms with van der Waals surface area (Å²) in [6, 6.07) is 3.96. The first-order valence-electron chi connectivity index (χ1n) is 6.84. The van der Waals surface area contributed by atoms with Gasteiger partial charge in [0.25, 0.3) is 0 Å². The zero-order valence-electron chi connectivity index (χ0n) is 11.5. The second-order valence-electron chi connectivity index (χ2n) is 5.14. The summed E-state index contributed by atoms with van der Waals surface area (Å²) in [4.78, 5) is 0. The lowest BCUT2D eigenvalue weighted by atomic mass is 9.72. The highest BCUT2D eigenvalue weighted by atomic mass is 19.1. The third-order valence-corrected chi connectivity index (χ3v) is 4.16. The summed E-state index contributed by atoms with van der Waals surface area (Å²) in [5, 5.41) is 3.32. The first-order chi connectivity index (χ1) is 9.13. The van der Waals surface area contributed by atoms with Crippen LogP contribution in [0.2, 0.25) is 0 Å². The van der Waals surface area contributed by atoms with Gasteiger partial charge in [-0.05, 0) is 44.4 Å². The third-order valence-electron chi connectivity index (χ3n) is 4.16. The SMILES string of the molecule is CCNC(Cc1c(F)cccc1F)C1(OC)CCC1. The van der Waals surface area contributed by atoms with Gasteiger partial charge in [0.15, 0.2) is 0 Å². The van der Waals surface area contributed by atoms with E-state index in [9.17, 15) is 8.78 Å². The molecular formula is C15H21F2NO. The van der Waals surface area contributed by atoms with Crippen LogP contribution in [0.1, 0.15) is 31.7 Å². The van der Waals surface area contributed by atoms with Crippen LogP contribution in [0.5, 0.6) is 0 Å². The quantitative estimate of drug-likeness (QED) is 0.857.